The van der Waals surface area contributed by atoms with Crippen LogP contribution >= 0.6 is 0 Å². The largest absolute Gasteiger partial charge is 0.481 e. The first-order valence-corrected chi connectivity index (χ1v) is 7.23. The average molecular weight is 265 g/mol. The van der Waals surface area contributed by atoms with Gasteiger partial charge in [-0.3, -0.25) is 9.59 Å². The molecular formula is C15H23NO3. The van der Waals surface area contributed by atoms with E-state index in [1.807, 2.05) is 13.0 Å². The lowest BCUT2D eigenvalue weighted by Gasteiger charge is -2.40. The molecule has 1 amide bonds. The van der Waals surface area contributed by atoms with Crippen molar-refractivity contribution in [1.29, 1.82) is 0 Å². The summed E-state index contributed by atoms with van der Waals surface area (Å²) < 4.78 is 0. The highest BCUT2D eigenvalue weighted by Crippen LogP contribution is 2.34. The van der Waals surface area contributed by atoms with Gasteiger partial charge in [-0.25, -0.2) is 0 Å². The first-order chi connectivity index (χ1) is 9.03. The van der Waals surface area contributed by atoms with E-state index in [0.717, 1.165) is 38.5 Å². The third-order valence-electron chi connectivity index (χ3n) is 4.55. The fourth-order valence-corrected chi connectivity index (χ4v) is 3.29. The predicted octanol–water partition coefficient (Wildman–Crippen LogP) is 2.49. The zero-order chi connectivity index (χ0) is 13.9. The number of amides is 1. The van der Waals surface area contributed by atoms with Gasteiger partial charge in [0.05, 0.1) is 11.5 Å². The van der Waals surface area contributed by atoms with Crippen molar-refractivity contribution < 1.29 is 14.7 Å². The van der Waals surface area contributed by atoms with Crippen molar-refractivity contribution in [2.45, 2.75) is 57.4 Å². The van der Waals surface area contributed by atoms with E-state index in [4.69, 9.17) is 0 Å². The predicted molar refractivity (Wildman–Crippen MR) is 72.6 cm³/mol. The van der Waals surface area contributed by atoms with Crippen LogP contribution in [0.5, 0.6) is 0 Å². The lowest BCUT2D eigenvalue weighted by Crippen LogP contribution is -2.56. The third kappa shape index (κ3) is 3.17. The molecule has 0 spiro atoms. The molecule has 0 aromatic rings. The van der Waals surface area contributed by atoms with Gasteiger partial charge in [-0.2, -0.15) is 0 Å². The summed E-state index contributed by atoms with van der Waals surface area (Å²) in [6.07, 6.45) is 10.1. The Bertz CT molecular complexity index is 391. The van der Waals surface area contributed by atoms with Gasteiger partial charge in [0.15, 0.2) is 0 Å². The molecule has 1 saturated carbocycles. The van der Waals surface area contributed by atoms with E-state index >= 15 is 0 Å². The number of hydrogen-bond donors (Lipinski definition) is 2. The number of aliphatic carboxylic acids is 1. The minimum Gasteiger partial charge on any atom is -0.481 e. The monoisotopic (exact) mass is 265 g/mol. The van der Waals surface area contributed by atoms with Crippen LogP contribution in [-0.4, -0.2) is 22.5 Å². The van der Waals surface area contributed by atoms with Gasteiger partial charge < -0.3 is 10.4 Å². The Morgan fingerprint density at radius 2 is 2.05 bits per heavy atom. The summed E-state index contributed by atoms with van der Waals surface area (Å²) >= 11 is 0. The van der Waals surface area contributed by atoms with E-state index in [2.05, 4.69) is 11.4 Å². The molecule has 4 heteroatoms. The lowest BCUT2D eigenvalue weighted by atomic mass is 9.73. The summed E-state index contributed by atoms with van der Waals surface area (Å²) in [5.41, 5.74) is -0.581. The molecule has 0 heterocycles. The van der Waals surface area contributed by atoms with Gasteiger partial charge >= 0.3 is 5.97 Å². The van der Waals surface area contributed by atoms with Gasteiger partial charge in [-0.05, 0) is 39.0 Å². The van der Waals surface area contributed by atoms with Gasteiger partial charge in [0, 0.05) is 5.92 Å². The molecule has 2 N–H and O–H groups in total. The van der Waals surface area contributed by atoms with Gasteiger partial charge in [0.1, 0.15) is 0 Å². The Labute approximate surface area is 114 Å². The molecule has 3 atom stereocenters. The van der Waals surface area contributed by atoms with Gasteiger partial charge in [-0.1, -0.05) is 25.0 Å². The van der Waals surface area contributed by atoms with E-state index in [0.29, 0.717) is 6.42 Å². The third-order valence-corrected chi connectivity index (χ3v) is 4.55. The van der Waals surface area contributed by atoms with Crippen molar-refractivity contribution >= 4 is 11.9 Å². The Kier molecular flexibility index (Phi) is 4.27. The highest BCUT2D eigenvalue weighted by molar-refractivity contribution is 5.81. The van der Waals surface area contributed by atoms with Crippen molar-refractivity contribution in [3.05, 3.63) is 12.2 Å². The molecule has 3 unspecified atom stereocenters. The zero-order valence-electron chi connectivity index (χ0n) is 11.5. The number of allylic oxidation sites excluding steroid dienone is 2. The highest BCUT2D eigenvalue weighted by atomic mass is 16.4. The van der Waals surface area contributed by atoms with Crippen molar-refractivity contribution in [1.82, 2.24) is 5.32 Å². The molecule has 2 aliphatic carbocycles. The van der Waals surface area contributed by atoms with E-state index in [-0.39, 0.29) is 11.8 Å². The normalized spacial score (nSPS) is 34.8. The molecular weight excluding hydrogens is 242 g/mol. The molecule has 0 saturated heterocycles. The summed E-state index contributed by atoms with van der Waals surface area (Å²) in [6, 6.07) is 0. The maximum Gasteiger partial charge on any atom is 0.308 e. The first-order valence-electron chi connectivity index (χ1n) is 7.23. The second-order valence-corrected chi connectivity index (χ2v) is 6.02. The summed E-state index contributed by atoms with van der Waals surface area (Å²) in [4.78, 5) is 23.7. The number of hydrogen-bond acceptors (Lipinski definition) is 2. The van der Waals surface area contributed by atoms with Gasteiger partial charge in [0.2, 0.25) is 5.91 Å². The Balaban J connectivity index is 2.03. The van der Waals surface area contributed by atoms with Crippen molar-refractivity contribution in [3.8, 4) is 0 Å². The summed E-state index contributed by atoms with van der Waals surface area (Å²) in [5.74, 6) is -1.20. The van der Waals surface area contributed by atoms with Crippen LogP contribution in [0.1, 0.15) is 51.9 Å². The fraction of sp³-hybridized carbons (Fsp3) is 0.733. The number of nitrogens with one attached hydrogen (secondary N) is 1. The number of rotatable bonds is 3. The summed E-state index contributed by atoms with van der Waals surface area (Å²) in [7, 11) is 0. The Morgan fingerprint density at radius 1 is 1.26 bits per heavy atom. The fourth-order valence-electron chi connectivity index (χ4n) is 3.29. The standard InChI is InChI=1S/C15H23NO3/c1-15(10-6-5-9-12(15)14(18)19)16-13(17)11-7-3-2-4-8-11/h2-3,11-12H,4-10H2,1H3,(H,16,17)(H,18,19). The molecule has 4 nitrogen and oxygen atoms in total. The zero-order valence-corrected chi connectivity index (χ0v) is 11.5. The second-order valence-electron chi connectivity index (χ2n) is 6.02. The molecule has 0 aliphatic heterocycles. The smallest absolute Gasteiger partial charge is 0.308 e. The Morgan fingerprint density at radius 3 is 2.68 bits per heavy atom. The SMILES string of the molecule is CC1(NC(=O)C2CC=CCC2)CCCCC1C(=O)O. The van der Waals surface area contributed by atoms with Crippen LogP contribution in [0, 0.1) is 11.8 Å². The van der Waals surface area contributed by atoms with E-state index in [9.17, 15) is 14.7 Å². The molecule has 1 fully saturated rings. The van der Waals surface area contributed by atoms with Gasteiger partial charge in [-0.15, -0.1) is 0 Å². The molecule has 0 bridgehead atoms. The molecule has 0 aromatic heterocycles. The number of carboxylic acid groups (broad SMARTS) is 1. The van der Waals surface area contributed by atoms with Crippen LogP contribution in [0.4, 0.5) is 0 Å². The minimum atomic E-state index is -0.786. The molecule has 2 rings (SSSR count). The topological polar surface area (TPSA) is 66.4 Å². The molecule has 2 aliphatic rings. The maximum atomic E-state index is 12.3. The molecule has 0 radical (unpaired) electrons. The number of carbonyl (C=O) groups is 2. The Hall–Kier alpha value is -1.32. The second kappa shape index (κ2) is 5.76. The summed E-state index contributed by atoms with van der Waals surface area (Å²) in [5, 5.41) is 12.4. The van der Waals surface area contributed by atoms with E-state index in [1.54, 1.807) is 0 Å². The molecule has 106 valence electrons. The van der Waals surface area contributed by atoms with Crippen LogP contribution < -0.4 is 5.32 Å². The lowest BCUT2D eigenvalue weighted by molar-refractivity contribution is -0.147. The van der Waals surface area contributed by atoms with Crippen molar-refractivity contribution in [2.75, 3.05) is 0 Å². The van der Waals surface area contributed by atoms with Crippen molar-refractivity contribution in [3.63, 3.8) is 0 Å². The molecule has 19 heavy (non-hydrogen) atoms. The summed E-state index contributed by atoms with van der Waals surface area (Å²) in [6.45, 7) is 1.89. The quantitative estimate of drug-likeness (QED) is 0.770. The maximum absolute atomic E-state index is 12.3. The van der Waals surface area contributed by atoms with Gasteiger partial charge in [0.25, 0.3) is 0 Å². The first kappa shape index (κ1) is 14.1. The van der Waals surface area contributed by atoms with Crippen molar-refractivity contribution in [2.24, 2.45) is 11.8 Å². The minimum absolute atomic E-state index is 0.0122. The van der Waals surface area contributed by atoms with E-state index < -0.39 is 17.4 Å². The highest BCUT2D eigenvalue weighted by Gasteiger charge is 2.42. The average Bonchev–Trinajstić information content (AvgIpc) is 2.39. The molecule has 0 aromatic carbocycles. The van der Waals surface area contributed by atoms with Crippen LogP contribution in [0.2, 0.25) is 0 Å². The number of carboxylic acids is 1. The number of carbonyl (C=O) groups excluding carboxylic acids is 1. The van der Waals surface area contributed by atoms with E-state index in [1.165, 1.54) is 0 Å². The van der Waals surface area contributed by atoms with Crippen LogP contribution in [-0.2, 0) is 9.59 Å². The van der Waals surface area contributed by atoms with Crippen LogP contribution in [0.3, 0.4) is 0 Å². The van der Waals surface area contributed by atoms with Crippen LogP contribution in [0.25, 0.3) is 0 Å². The van der Waals surface area contributed by atoms with Crippen LogP contribution in [0.15, 0.2) is 12.2 Å².